The van der Waals surface area contributed by atoms with E-state index in [1.807, 2.05) is 0 Å². The van der Waals surface area contributed by atoms with Crippen molar-refractivity contribution in [3.63, 3.8) is 0 Å². The van der Waals surface area contributed by atoms with E-state index in [4.69, 9.17) is 32.7 Å². The molecule has 2 atom stereocenters. The van der Waals surface area contributed by atoms with Gasteiger partial charge in [0.15, 0.2) is 5.78 Å². The first kappa shape index (κ1) is 24.8. The molecule has 0 aromatic heterocycles. The molecule has 3 rings (SSSR count). The summed E-state index contributed by atoms with van der Waals surface area (Å²) in [7, 11) is 0. The van der Waals surface area contributed by atoms with Crippen molar-refractivity contribution in [2.45, 2.75) is 45.0 Å². The van der Waals surface area contributed by atoms with Crippen LogP contribution in [-0.2, 0) is 16.1 Å². The van der Waals surface area contributed by atoms with E-state index >= 15 is 0 Å². The molecule has 0 amide bonds. The Labute approximate surface area is 202 Å². The van der Waals surface area contributed by atoms with Gasteiger partial charge in [0, 0.05) is 12.5 Å². The fraction of sp³-hybridized carbons (Fsp3) is 0.280. The lowest BCUT2D eigenvalue weighted by molar-refractivity contribution is -0.122. The summed E-state index contributed by atoms with van der Waals surface area (Å²) in [4.78, 5) is 24.7. The highest BCUT2D eigenvalue weighted by atomic mass is 35.5. The van der Waals surface area contributed by atoms with Gasteiger partial charge in [-0.05, 0) is 55.2 Å². The van der Waals surface area contributed by atoms with E-state index in [0.717, 1.165) is 5.56 Å². The van der Waals surface area contributed by atoms with E-state index in [2.05, 4.69) is 0 Å². The van der Waals surface area contributed by atoms with Crippen LogP contribution >= 0.6 is 23.2 Å². The monoisotopic (exact) mass is 490 g/mol. The molecular weight excluding hydrogens is 467 g/mol. The Morgan fingerprint density at radius 1 is 1.09 bits per heavy atom. The Balaban J connectivity index is 1.88. The van der Waals surface area contributed by atoms with Crippen LogP contribution in [0.4, 0.5) is 0 Å². The third kappa shape index (κ3) is 6.84. The number of rotatable bonds is 3. The fourth-order valence-electron chi connectivity index (χ4n) is 3.24. The van der Waals surface area contributed by atoms with E-state index in [1.54, 1.807) is 49.4 Å². The minimum Gasteiger partial charge on any atom is -0.507 e. The average Bonchev–Trinajstić information content (AvgIpc) is 2.76. The van der Waals surface area contributed by atoms with E-state index in [9.17, 15) is 19.8 Å². The predicted molar refractivity (Wildman–Crippen MR) is 127 cm³/mol. The van der Waals surface area contributed by atoms with Crippen molar-refractivity contribution in [3.05, 3.63) is 75.3 Å². The number of ketones is 1. The number of ether oxygens (including phenoxy) is 2. The van der Waals surface area contributed by atoms with Gasteiger partial charge in [0.2, 0.25) is 0 Å². The molecular formula is C25H24Cl2O6. The standard InChI is InChI=1S/C25H24Cl2O6/c1-15-5-4-8-22(29)21(28)7-3-2-6-17-12-18(13-23(30)24(17)25(31)33-15)32-14-16-9-10-19(26)20(27)11-16/h2,4,6,8-13,15,21,28,30H,3,5,7,14H2,1H3/b6-2+,8-4-/t15-,21-/m0/s1. The second-order valence-electron chi connectivity index (χ2n) is 7.70. The first-order chi connectivity index (χ1) is 15.7. The molecule has 0 unspecified atom stereocenters. The summed E-state index contributed by atoms with van der Waals surface area (Å²) >= 11 is 12.0. The maximum absolute atomic E-state index is 12.8. The summed E-state index contributed by atoms with van der Waals surface area (Å²) in [5.41, 5.74) is 1.18. The van der Waals surface area contributed by atoms with Crippen LogP contribution in [0.3, 0.4) is 0 Å². The molecule has 0 saturated heterocycles. The van der Waals surface area contributed by atoms with Gasteiger partial charge in [0.05, 0.1) is 10.0 Å². The van der Waals surface area contributed by atoms with Gasteiger partial charge in [0.25, 0.3) is 0 Å². The molecule has 0 radical (unpaired) electrons. The summed E-state index contributed by atoms with van der Waals surface area (Å²) < 4.78 is 11.2. The Bertz CT molecular complexity index is 1090. The number of cyclic esters (lactones) is 1. The van der Waals surface area contributed by atoms with Gasteiger partial charge in [-0.25, -0.2) is 4.79 Å². The number of aliphatic hydroxyl groups is 1. The molecule has 8 heteroatoms. The number of phenolic OH excluding ortho intramolecular Hbond substituents is 1. The van der Waals surface area contributed by atoms with Crippen molar-refractivity contribution in [1.82, 2.24) is 0 Å². The highest BCUT2D eigenvalue weighted by molar-refractivity contribution is 6.42. The zero-order valence-electron chi connectivity index (χ0n) is 18.0. The molecule has 2 aromatic rings. The predicted octanol–water partition coefficient (Wildman–Crippen LogP) is 5.51. The van der Waals surface area contributed by atoms with Crippen LogP contribution in [-0.4, -0.2) is 34.2 Å². The number of carbonyl (C=O) groups is 2. The van der Waals surface area contributed by atoms with Gasteiger partial charge in [-0.2, -0.15) is 0 Å². The van der Waals surface area contributed by atoms with Gasteiger partial charge >= 0.3 is 5.97 Å². The molecule has 1 aliphatic rings. The first-order valence-corrected chi connectivity index (χ1v) is 11.2. The Morgan fingerprint density at radius 2 is 1.88 bits per heavy atom. The summed E-state index contributed by atoms with van der Waals surface area (Å²) in [5.74, 6) is -1.03. The van der Waals surface area contributed by atoms with Crippen molar-refractivity contribution < 1.29 is 29.3 Å². The maximum atomic E-state index is 12.8. The second-order valence-corrected chi connectivity index (χ2v) is 8.51. The number of fused-ring (bicyclic) bond motifs is 1. The summed E-state index contributed by atoms with van der Waals surface area (Å²) in [5, 5.41) is 21.4. The van der Waals surface area contributed by atoms with Crippen LogP contribution in [0.15, 0.2) is 48.6 Å². The molecule has 2 aromatic carbocycles. The molecule has 2 N–H and O–H groups in total. The smallest absolute Gasteiger partial charge is 0.342 e. The number of aliphatic hydroxyl groups excluding tert-OH is 1. The van der Waals surface area contributed by atoms with Crippen LogP contribution in [0.1, 0.15) is 47.7 Å². The third-order valence-electron chi connectivity index (χ3n) is 5.01. The number of halogens is 2. The van der Waals surface area contributed by atoms with Crippen molar-refractivity contribution in [1.29, 1.82) is 0 Å². The normalized spacial score (nSPS) is 21.5. The second kappa shape index (κ2) is 11.4. The zero-order valence-corrected chi connectivity index (χ0v) is 19.5. The molecule has 0 saturated carbocycles. The quantitative estimate of drug-likeness (QED) is 0.551. The van der Waals surface area contributed by atoms with E-state index in [-0.39, 0.29) is 24.3 Å². The van der Waals surface area contributed by atoms with Crippen LogP contribution in [0.2, 0.25) is 10.0 Å². The summed E-state index contributed by atoms with van der Waals surface area (Å²) in [6.07, 6.45) is 5.47. The number of carbonyl (C=O) groups excluding carboxylic acids is 2. The van der Waals surface area contributed by atoms with Gasteiger partial charge in [-0.15, -0.1) is 0 Å². The number of esters is 1. The highest BCUT2D eigenvalue weighted by Crippen LogP contribution is 2.31. The number of benzene rings is 2. The molecule has 33 heavy (non-hydrogen) atoms. The molecule has 174 valence electrons. The highest BCUT2D eigenvalue weighted by Gasteiger charge is 2.21. The van der Waals surface area contributed by atoms with Crippen molar-refractivity contribution in [3.8, 4) is 11.5 Å². The van der Waals surface area contributed by atoms with Crippen LogP contribution in [0.5, 0.6) is 11.5 Å². The molecule has 0 spiro atoms. The van der Waals surface area contributed by atoms with Crippen molar-refractivity contribution in [2.24, 2.45) is 0 Å². The van der Waals surface area contributed by atoms with Gasteiger partial charge in [0.1, 0.15) is 35.9 Å². The van der Waals surface area contributed by atoms with Crippen LogP contribution in [0.25, 0.3) is 6.08 Å². The lowest BCUT2D eigenvalue weighted by atomic mass is 10.0. The third-order valence-corrected chi connectivity index (χ3v) is 5.75. The molecule has 1 heterocycles. The lowest BCUT2D eigenvalue weighted by Crippen LogP contribution is -2.18. The fourth-order valence-corrected chi connectivity index (χ4v) is 3.56. The molecule has 0 bridgehead atoms. The Hall–Kier alpha value is -2.80. The molecule has 1 aliphatic heterocycles. The number of hydrogen-bond donors (Lipinski definition) is 2. The number of aromatic hydroxyl groups is 1. The molecule has 6 nitrogen and oxygen atoms in total. The zero-order chi connectivity index (χ0) is 24.0. The Kier molecular flexibility index (Phi) is 8.55. The largest absolute Gasteiger partial charge is 0.507 e. The summed E-state index contributed by atoms with van der Waals surface area (Å²) in [6, 6.07) is 8.08. The van der Waals surface area contributed by atoms with Crippen LogP contribution in [0, 0.1) is 0 Å². The summed E-state index contributed by atoms with van der Waals surface area (Å²) in [6.45, 7) is 1.84. The SMILES string of the molecule is C[C@H]1C/C=C\C(=O)[C@@H](O)CC/C=C/c2cc(OCc3ccc(Cl)c(Cl)c3)cc(O)c2C(=O)O1. The van der Waals surface area contributed by atoms with Gasteiger partial charge < -0.3 is 19.7 Å². The average molecular weight is 491 g/mol. The minimum atomic E-state index is -1.11. The van der Waals surface area contributed by atoms with E-state index in [1.165, 1.54) is 12.1 Å². The van der Waals surface area contributed by atoms with Crippen molar-refractivity contribution in [2.75, 3.05) is 0 Å². The van der Waals surface area contributed by atoms with Crippen LogP contribution < -0.4 is 4.74 Å². The maximum Gasteiger partial charge on any atom is 0.342 e. The lowest BCUT2D eigenvalue weighted by Gasteiger charge is -2.16. The van der Waals surface area contributed by atoms with E-state index in [0.29, 0.717) is 34.2 Å². The van der Waals surface area contributed by atoms with E-state index < -0.39 is 24.0 Å². The van der Waals surface area contributed by atoms with Gasteiger partial charge in [-0.3, -0.25) is 4.79 Å². The minimum absolute atomic E-state index is 0.0117. The number of allylic oxidation sites excluding steroid dienone is 1. The topological polar surface area (TPSA) is 93.1 Å². The Morgan fingerprint density at radius 3 is 2.64 bits per heavy atom. The number of hydrogen-bond acceptors (Lipinski definition) is 6. The molecule has 0 fully saturated rings. The first-order valence-electron chi connectivity index (χ1n) is 10.4. The number of phenols is 1. The molecule has 0 aliphatic carbocycles. The van der Waals surface area contributed by atoms with Gasteiger partial charge in [-0.1, -0.05) is 47.5 Å². The van der Waals surface area contributed by atoms with Crippen molar-refractivity contribution >= 4 is 41.0 Å².